The van der Waals surface area contributed by atoms with Crippen LogP contribution in [0.15, 0.2) is 65.1 Å². The summed E-state index contributed by atoms with van der Waals surface area (Å²) in [4.78, 5) is 17.2. The van der Waals surface area contributed by atoms with Crippen LogP contribution in [0.2, 0.25) is 0 Å². The molecule has 1 amide bonds. The lowest BCUT2D eigenvalue weighted by molar-refractivity contribution is 0.0976. The molecule has 0 atom stereocenters. The van der Waals surface area contributed by atoms with Crippen molar-refractivity contribution in [2.75, 3.05) is 18.5 Å². The van der Waals surface area contributed by atoms with Gasteiger partial charge in [-0.3, -0.25) is 10.1 Å². The fraction of sp³-hybridized carbons (Fsp3) is 0.125. The van der Waals surface area contributed by atoms with Gasteiger partial charge in [0.1, 0.15) is 18.7 Å². The smallest absolute Gasteiger partial charge is 0.257 e. The Morgan fingerprint density at radius 3 is 2.66 bits per heavy atom. The van der Waals surface area contributed by atoms with Gasteiger partial charge in [0, 0.05) is 16.8 Å². The lowest BCUT2D eigenvalue weighted by atomic mass is 10.1. The Bertz CT molecular complexity index is 1320. The standard InChI is InChI=1S/C24H19N3O4S/c1-14-6-7-16(23-25-17-4-2-3-5-19(17)31-23)12-18(14)26-24(32)27-22(28)15-8-9-20-21(13-15)30-11-10-29-20/h2-9,12-13H,10-11H2,1H3,(H2,26,27,28,32). The summed E-state index contributed by atoms with van der Waals surface area (Å²) in [5.41, 5.74) is 4.45. The van der Waals surface area contributed by atoms with Gasteiger partial charge in [-0.2, -0.15) is 0 Å². The molecular weight excluding hydrogens is 426 g/mol. The summed E-state index contributed by atoms with van der Waals surface area (Å²) in [5.74, 6) is 1.34. The van der Waals surface area contributed by atoms with Crippen molar-refractivity contribution in [3.05, 3.63) is 71.8 Å². The van der Waals surface area contributed by atoms with Gasteiger partial charge < -0.3 is 19.2 Å². The number of hydrogen-bond donors (Lipinski definition) is 2. The van der Waals surface area contributed by atoms with Crippen LogP contribution in [0, 0.1) is 6.92 Å². The average Bonchev–Trinajstić information content (AvgIpc) is 3.24. The molecule has 0 saturated heterocycles. The SMILES string of the molecule is Cc1ccc(-c2nc3ccccc3o2)cc1NC(=S)NC(=O)c1ccc2c(c1)OCCO2. The number of benzene rings is 3. The zero-order chi connectivity index (χ0) is 22.1. The number of aromatic nitrogens is 1. The van der Waals surface area contributed by atoms with Gasteiger partial charge in [-0.1, -0.05) is 18.2 Å². The Labute approximate surface area is 189 Å². The van der Waals surface area contributed by atoms with Crippen molar-refractivity contribution in [2.45, 2.75) is 6.92 Å². The highest BCUT2D eigenvalue weighted by Gasteiger charge is 2.16. The number of carbonyl (C=O) groups is 1. The molecule has 0 bridgehead atoms. The molecule has 0 saturated carbocycles. The van der Waals surface area contributed by atoms with Gasteiger partial charge in [0.05, 0.1) is 0 Å². The van der Waals surface area contributed by atoms with Gasteiger partial charge in [0.25, 0.3) is 5.91 Å². The first-order valence-corrected chi connectivity index (χ1v) is 10.5. The van der Waals surface area contributed by atoms with Gasteiger partial charge in [-0.25, -0.2) is 4.98 Å². The number of hydrogen-bond acceptors (Lipinski definition) is 6. The fourth-order valence-corrected chi connectivity index (χ4v) is 3.60. The molecule has 32 heavy (non-hydrogen) atoms. The van der Waals surface area contributed by atoms with Gasteiger partial charge >= 0.3 is 0 Å². The largest absolute Gasteiger partial charge is 0.486 e. The van der Waals surface area contributed by atoms with Gasteiger partial charge in [0.15, 0.2) is 22.2 Å². The first-order valence-electron chi connectivity index (χ1n) is 10.1. The molecule has 0 radical (unpaired) electrons. The number of nitrogens with one attached hydrogen (secondary N) is 2. The highest BCUT2D eigenvalue weighted by molar-refractivity contribution is 7.80. The van der Waals surface area contributed by atoms with Crippen LogP contribution in [0.25, 0.3) is 22.6 Å². The maximum atomic E-state index is 12.6. The number of anilines is 1. The highest BCUT2D eigenvalue weighted by atomic mass is 32.1. The summed E-state index contributed by atoms with van der Waals surface area (Å²) in [7, 11) is 0. The molecule has 4 aromatic rings. The summed E-state index contributed by atoms with van der Waals surface area (Å²) >= 11 is 5.37. The summed E-state index contributed by atoms with van der Waals surface area (Å²) in [6.45, 7) is 2.89. The molecule has 160 valence electrons. The lowest BCUT2D eigenvalue weighted by Crippen LogP contribution is -2.34. The molecule has 5 rings (SSSR count). The molecule has 0 unspecified atom stereocenters. The van der Waals surface area contributed by atoms with Gasteiger partial charge in [-0.05, 0) is 67.2 Å². The molecule has 1 aliphatic heterocycles. The molecular formula is C24H19N3O4S. The molecule has 2 N–H and O–H groups in total. The maximum absolute atomic E-state index is 12.6. The molecule has 8 heteroatoms. The third kappa shape index (κ3) is 4.00. The number of thiocarbonyl (C=S) groups is 1. The third-order valence-electron chi connectivity index (χ3n) is 5.06. The van der Waals surface area contributed by atoms with Crippen LogP contribution >= 0.6 is 12.2 Å². The van der Waals surface area contributed by atoms with Crippen molar-refractivity contribution in [1.82, 2.24) is 10.3 Å². The molecule has 0 fully saturated rings. The average molecular weight is 446 g/mol. The minimum Gasteiger partial charge on any atom is -0.486 e. The number of rotatable bonds is 3. The number of fused-ring (bicyclic) bond motifs is 2. The van der Waals surface area contributed by atoms with E-state index in [-0.39, 0.29) is 11.0 Å². The summed E-state index contributed by atoms with van der Waals surface area (Å²) < 4.78 is 16.9. The Balaban J connectivity index is 1.32. The Kier molecular flexibility index (Phi) is 5.20. The van der Waals surface area contributed by atoms with Crippen LogP contribution < -0.4 is 20.1 Å². The number of para-hydroxylation sites is 2. The second-order valence-electron chi connectivity index (χ2n) is 7.28. The van der Waals surface area contributed by atoms with Crippen molar-refractivity contribution in [2.24, 2.45) is 0 Å². The van der Waals surface area contributed by atoms with Crippen LogP contribution in [0.5, 0.6) is 11.5 Å². The topological polar surface area (TPSA) is 85.6 Å². The Morgan fingerprint density at radius 2 is 1.81 bits per heavy atom. The van der Waals surface area contributed by atoms with E-state index in [9.17, 15) is 4.79 Å². The number of ether oxygens (including phenoxy) is 2. The molecule has 3 aromatic carbocycles. The lowest BCUT2D eigenvalue weighted by Gasteiger charge is -2.19. The van der Waals surface area contributed by atoms with E-state index in [0.717, 1.165) is 27.9 Å². The van der Waals surface area contributed by atoms with Gasteiger partial charge in [-0.15, -0.1) is 0 Å². The maximum Gasteiger partial charge on any atom is 0.257 e. The number of amides is 1. The predicted octanol–water partition coefficient (Wildman–Crippen LogP) is 4.70. The molecule has 1 aliphatic rings. The number of oxazole rings is 1. The third-order valence-corrected chi connectivity index (χ3v) is 5.26. The Morgan fingerprint density at radius 1 is 1.00 bits per heavy atom. The van der Waals surface area contributed by atoms with E-state index in [1.54, 1.807) is 18.2 Å². The Hall–Kier alpha value is -3.91. The minimum atomic E-state index is -0.341. The zero-order valence-electron chi connectivity index (χ0n) is 17.2. The van der Waals surface area contributed by atoms with Crippen LogP contribution in [0.3, 0.4) is 0 Å². The van der Waals surface area contributed by atoms with E-state index in [1.807, 2.05) is 49.4 Å². The van der Waals surface area contributed by atoms with E-state index < -0.39 is 0 Å². The second kappa shape index (κ2) is 8.32. The summed E-state index contributed by atoms with van der Waals surface area (Å²) in [5, 5.41) is 5.98. The van der Waals surface area contributed by atoms with Crippen LogP contribution in [-0.2, 0) is 0 Å². The minimum absolute atomic E-state index is 0.183. The fourth-order valence-electron chi connectivity index (χ4n) is 3.40. The summed E-state index contributed by atoms with van der Waals surface area (Å²) in [6, 6.07) is 18.4. The van der Waals surface area contributed by atoms with Crippen LogP contribution in [0.4, 0.5) is 5.69 Å². The van der Waals surface area contributed by atoms with E-state index in [4.69, 9.17) is 26.1 Å². The van der Waals surface area contributed by atoms with E-state index in [2.05, 4.69) is 15.6 Å². The first kappa shape index (κ1) is 20.0. The van der Waals surface area contributed by atoms with Crippen molar-refractivity contribution < 1.29 is 18.7 Å². The van der Waals surface area contributed by atoms with Crippen molar-refractivity contribution in [3.63, 3.8) is 0 Å². The first-order chi connectivity index (χ1) is 15.6. The van der Waals surface area contributed by atoms with E-state index in [1.165, 1.54) is 0 Å². The molecule has 1 aromatic heterocycles. The normalized spacial score (nSPS) is 12.4. The second-order valence-corrected chi connectivity index (χ2v) is 7.69. The predicted molar refractivity (Wildman–Crippen MR) is 125 cm³/mol. The number of carbonyl (C=O) groups excluding carboxylic acids is 1. The number of nitrogens with zero attached hydrogens (tertiary/aromatic N) is 1. The van der Waals surface area contributed by atoms with Crippen LogP contribution in [0.1, 0.15) is 15.9 Å². The number of aryl methyl sites for hydroxylation is 1. The summed E-state index contributed by atoms with van der Waals surface area (Å²) in [6.07, 6.45) is 0. The molecule has 0 spiro atoms. The van der Waals surface area contributed by atoms with E-state index >= 15 is 0 Å². The monoisotopic (exact) mass is 445 g/mol. The quantitative estimate of drug-likeness (QED) is 0.442. The van der Waals surface area contributed by atoms with Gasteiger partial charge in [0.2, 0.25) is 5.89 Å². The van der Waals surface area contributed by atoms with Crippen molar-refractivity contribution >= 4 is 40.0 Å². The molecule has 0 aliphatic carbocycles. The van der Waals surface area contributed by atoms with Crippen molar-refractivity contribution in [1.29, 1.82) is 0 Å². The molecule has 2 heterocycles. The highest BCUT2D eigenvalue weighted by Crippen LogP contribution is 2.31. The van der Waals surface area contributed by atoms with Crippen LogP contribution in [-0.4, -0.2) is 29.2 Å². The van der Waals surface area contributed by atoms with E-state index in [0.29, 0.717) is 36.2 Å². The zero-order valence-corrected chi connectivity index (χ0v) is 18.0. The van der Waals surface area contributed by atoms with Crippen molar-refractivity contribution in [3.8, 4) is 23.0 Å². The molecule has 7 nitrogen and oxygen atoms in total.